The highest BCUT2D eigenvalue weighted by molar-refractivity contribution is 7.14. The van der Waals surface area contributed by atoms with E-state index in [-0.39, 0.29) is 4.88 Å². The van der Waals surface area contributed by atoms with Crippen LogP contribution in [0.25, 0.3) is 0 Å². The van der Waals surface area contributed by atoms with Crippen molar-refractivity contribution in [2.45, 2.75) is 0 Å². The number of carbonyl (C=O) groups excluding carboxylic acids is 2. The summed E-state index contributed by atoms with van der Waals surface area (Å²) in [5, 5.41) is -1.60. The lowest BCUT2D eigenvalue weighted by Crippen LogP contribution is -2.04. The third-order valence-electron chi connectivity index (χ3n) is 0.976. The summed E-state index contributed by atoms with van der Waals surface area (Å²) in [6.45, 7) is 0. The molecule has 0 N–H and O–H groups in total. The average Bonchev–Trinajstić information content (AvgIpc) is 2.34. The maximum absolute atomic E-state index is 12.3. The number of ketones is 1. The van der Waals surface area contributed by atoms with E-state index < -0.39 is 16.2 Å². The van der Waals surface area contributed by atoms with Crippen molar-refractivity contribution in [1.29, 1.82) is 0 Å². The third-order valence-corrected chi connectivity index (χ3v) is 2.02. The molecule has 1 heterocycles. The summed E-state index contributed by atoms with van der Waals surface area (Å²) in [4.78, 5) is 21.0. The van der Waals surface area contributed by atoms with E-state index in [1.54, 1.807) is 0 Å². The Bertz CT molecular complexity index is 307. The van der Waals surface area contributed by atoms with E-state index in [1.807, 2.05) is 0 Å². The molecule has 0 bridgehead atoms. The molecule has 0 aliphatic carbocycles. The highest BCUT2D eigenvalue weighted by Gasteiger charge is 2.15. The molecule has 1 aromatic heterocycles. The summed E-state index contributed by atoms with van der Waals surface area (Å²) in [6.07, 6.45) is 0. The number of hydrogen-bond acceptors (Lipinski definition) is 3. The highest BCUT2D eigenvalue weighted by Crippen LogP contribution is 2.15. The van der Waals surface area contributed by atoms with E-state index in [1.165, 1.54) is 6.07 Å². The Hall–Kier alpha value is -0.740. The summed E-state index contributed by atoms with van der Waals surface area (Å²) in [6, 6.07) is 2.33. The van der Waals surface area contributed by atoms with E-state index in [0.29, 0.717) is 11.3 Å². The lowest BCUT2D eigenvalue weighted by molar-refractivity contribution is -0.108. The van der Waals surface area contributed by atoms with E-state index in [2.05, 4.69) is 0 Å². The molecule has 58 valence electrons. The van der Waals surface area contributed by atoms with Crippen molar-refractivity contribution in [3.05, 3.63) is 22.1 Å². The molecular weight excluding hydrogens is 191 g/mol. The van der Waals surface area contributed by atoms with Crippen molar-refractivity contribution in [2.24, 2.45) is 0 Å². The van der Waals surface area contributed by atoms with Crippen molar-refractivity contribution in [3.8, 4) is 0 Å². The molecule has 1 rings (SSSR count). The van der Waals surface area contributed by atoms with Gasteiger partial charge in [-0.25, -0.2) is 0 Å². The Morgan fingerprint density at radius 1 is 1.45 bits per heavy atom. The topological polar surface area (TPSA) is 34.1 Å². The van der Waals surface area contributed by atoms with Gasteiger partial charge in [0.2, 0.25) is 0 Å². The van der Waals surface area contributed by atoms with Crippen LogP contribution in [0.15, 0.2) is 12.1 Å². The summed E-state index contributed by atoms with van der Waals surface area (Å²) in [7, 11) is 0. The average molecular weight is 193 g/mol. The normalized spacial score (nSPS) is 9.64. The van der Waals surface area contributed by atoms with Gasteiger partial charge < -0.3 is 0 Å². The first kappa shape index (κ1) is 8.36. The van der Waals surface area contributed by atoms with Gasteiger partial charge in [0.1, 0.15) is 0 Å². The van der Waals surface area contributed by atoms with Crippen LogP contribution in [0, 0.1) is 5.13 Å². The molecule has 0 saturated carbocycles. The Balaban J connectivity index is 2.94. The predicted molar refractivity (Wildman–Crippen MR) is 39.5 cm³/mol. The first-order valence-electron chi connectivity index (χ1n) is 2.61. The summed E-state index contributed by atoms with van der Waals surface area (Å²) in [5.74, 6) is -0.861. The number of carbonyl (C=O) groups is 2. The number of halogens is 2. The zero-order valence-electron chi connectivity index (χ0n) is 5.14. The molecule has 5 heteroatoms. The number of hydrogen-bond donors (Lipinski definition) is 0. The fourth-order valence-electron chi connectivity index (χ4n) is 0.533. The Morgan fingerprint density at radius 2 is 2.09 bits per heavy atom. The van der Waals surface area contributed by atoms with Gasteiger partial charge in [-0.05, 0) is 23.7 Å². The van der Waals surface area contributed by atoms with Crippen molar-refractivity contribution >= 4 is 34.0 Å². The minimum absolute atomic E-state index is 0.0301. The van der Waals surface area contributed by atoms with E-state index in [0.717, 1.165) is 6.07 Å². The molecular formula is C6H2ClFO2S. The van der Waals surface area contributed by atoms with Crippen LogP contribution in [0.1, 0.15) is 9.67 Å². The van der Waals surface area contributed by atoms with Gasteiger partial charge in [0, 0.05) is 0 Å². The standard InChI is InChI=1S/C6H2ClFO2S/c7-6(10)5(9)3-1-2-4(8)11-3/h1-2H. The molecule has 11 heavy (non-hydrogen) atoms. The maximum atomic E-state index is 12.3. The molecule has 0 atom stereocenters. The molecule has 0 amide bonds. The van der Waals surface area contributed by atoms with Gasteiger partial charge in [0.25, 0.3) is 11.0 Å². The van der Waals surface area contributed by atoms with Gasteiger partial charge in [-0.3, -0.25) is 9.59 Å². The molecule has 0 unspecified atom stereocenters. The fourth-order valence-corrected chi connectivity index (χ4v) is 1.36. The first-order chi connectivity index (χ1) is 5.11. The predicted octanol–water partition coefficient (Wildman–Crippen LogP) is 1.84. The largest absolute Gasteiger partial charge is 0.294 e. The lowest BCUT2D eigenvalue weighted by Gasteiger charge is -1.84. The van der Waals surface area contributed by atoms with Gasteiger partial charge in [-0.2, -0.15) is 4.39 Å². The van der Waals surface area contributed by atoms with Gasteiger partial charge >= 0.3 is 0 Å². The van der Waals surface area contributed by atoms with Crippen molar-refractivity contribution in [1.82, 2.24) is 0 Å². The van der Waals surface area contributed by atoms with E-state index in [4.69, 9.17) is 11.6 Å². The Morgan fingerprint density at radius 3 is 2.45 bits per heavy atom. The summed E-state index contributed by atoms with van der Waals surface area (Å²) in [5.41, 5.74) is 0. The molecule has 1 aromatic rings. The van der Waals surface area contributed by atoms with Crippen LogP contribution in [0.4, 0.5) is 4.39 Å². The smallest absolute Gasteiger partial charge is 0.283 e. The van der Waals surface area contributed by atoms with Crippen molar-refractivity contribution in [2.75, 3.05) is 0 Å². The van der Waals surface area contributed by atoms with E-state index in [9.17, 15) is 14.0 Å². The van der Waals surface area contributed by atoms with Crippen LogP contribution in [-0.2, 0) is 4.79 Å². The minimum Gasteiger partial charge on any atom is -0.283 e. The molecule has 0 fully saturated rings. The van der Waals surface area contributed by atoms with E-state index >= 15 is 0 Å². The van der Waals surface area contributed by atoms with Crippen LogP contribution in [-0.4, -0.2) is 11.0 Å². The Kier molecular flexibility index (Phi) is 2.36. The number of thiophene rings is 1. The SMILES string of the molecule is O=C(Cl)C(=O)c1ccc(F)s1. The van der Waals surface area contributed by atoms with Crippen LogP contribution < -0.4 is 0 Å². The van der Waals surface area contributed by atoms with Gasteiger partial charge in [-0.1, -0.05) is 0 Å². The third kappa shape index (κ3) is 1.85. The quantitative estimate of drug-likeness (QED) is 0.407. The monoisotopic (exact) mass is 192 g/mol. The highest BCUT2D eigenvalue weighted by atomic mass is 35.5. The van der Waals surface area contributed by atoms with Crippen LogP contribution in [0.2, 0.25) is 0 Å². The number of Topliss-reactive ketones (excluding diaryl/α,β-unsaturated/α-hetero) is 1. The first-order valence-corrected chi connectivity index (χ1v) is 3.80. The van der Waals surface area contributed by atoms with Gasteiger partial charge in [-0.15, -0.1) is 11.3 Å². The van der Waals surface area contributed by atoms with Crippen LogP contribution in [0.3, 0.4) is 0 Å². The molecule has 0 aliphatic heterocycles. The molecule has 0 radical (unpaired) electrons. The van der Waals surface area contributed by atoms with Crippen LogP contribution in [0.5, 0.6) is 0 Å². The summed E-state index contributed by atoms with van der Waals surface area (Å²) < 4.78 is 12.3. The second-order valence-corrected chi connectivity index (χ2v) is 3.08. The fraction of sp³-hybridized carbons (Fsp3) is 0. The molecule has 0 aliphatic rings. The van der Waals surface area contributed by atoms with Gasteiger partial charge in [0.05, 0.1) is 4.88 Å². The molecule has 2 nitrogen and oxygen atoms in total. The minimum atomic E-state index is -1.09. The number of rotatable bonds is 2. The van der Waals surface area contributed by atoms with Crippen molar-refractivity contribution in [3.63, 3.8) is 0 Å². The molecule has 0 saturated heterocycles. The maximum Gasteiger partial charge on any atom is 0.294 e. The Labute approximate surface area is 70.6 Å². The lowest BCUT2D eigenvalue weighted by atomic mass is 10.3. The molecule has 0 spiro atoms. The second-order valence-electron chi connectivity index (χ2n) is 1.71. The zero-order chi connectivity index (χ0) is 8.43. The van der Waals surface area contributed by atoms with Crippen molar-refractivity contribution < 1.29 is 14.0 Å². The van der Waals surface area contributed by atoms with Gasteiger partial charge in [0.15, 0.2) is 5.13 Å². The zero-order valence-corrected chi connectivity index (χ0v) is 6.71. The summed E-state index contributed by atoms with van der Waals surface area (Å²) >= 11 is 5.47. The molecule has 0 aromatic carbocycles. The second kappa shape index (κ2) is 3.11. The van der Waals surface area contributed by atoms with Crippen LogP contribution >= 0.6 is 22.9 Å².